The first-order valence-corrected chi connectivity index (χ1v) is 3.80. The average Bonchev–Trinajstić information content (AvgIpc) is 2.08. The summed E-state index contributed by atoms with van der Waals surface area (Å²) in [6, 6.07) is 11.2. The average molecular weight is 147 g/mol. The summed E-state index contributed by atoms with van der Waals surface area (Å²) < 4.78 is 0. The Kier molecular flexibility index (Phi) is 6.02. The Bertz CT molecular complexity index is 208. The summed E-state index contributed by atoms with van der Waals surface area (Å²) in [6.45, 7) is 4.25. The minimum Gasteiger partial charge on any atom is -0.192 e. The van der Waals surface area contributed by atoms with Gasteiger partial charge in [0.1, 0.15) is 0 Å². The van der Waals surface area contributed by atoms with Crippen molar-refractivity contribution in [1.29, 1.82) is 5.26 Å². The normalized spacial score (nSPS) is 7.36. The molecule has 0 fully saturated rings. The van der Waals surface area contributed by atoms with Crippen molar-refractivity contribution in [3.05, 3.63) is 35.9 Å². The van der Waals surface area contributed by atoms with Crippen LogP contribution in [-0.2, 0) is 0 Å². The number of nitrogens with zero attached hydrogens (tertiary/aromatic N) is 1. The van der Waals surface area contributed by atoms with Gasteiger partial charge in [0.05, 0.1) is 11.6 Å². The monoisotopic (exact) mass is 147 g/mol. The van der Waals surface area contributed by atoms with Crippen LogP contribution in [-0.4, -0.2) is 0 Å². The minimum absolute atomic E-state index is 0.715. The summed E-state index contributed by atoms with van der Waals surface area (Å²) in [6.07, 6.45) is 1.25. The smallest absolute Gasteiger partial charge is 0.0991 e. The van der Waals surface area contributed by atoms with E-state index in [4.69, 9.17) is 5.26 Å². The van der Waals surface area contributed by atoms with E-state index in [1.54, 1.807) is 12.1 Å². The molecule has 0 spiro atoms. The Morgan fingerprint density at radius 3 is 1.91 bits per heavy atom. The quantitative estimate of drug-likeness (QED) is 0.553. The summed E-state index contributed by atoms with van der Waals surface area (Å²) in [7, 11) is 0. The van der Waals surface area contributed by atoms with Crippen molar-refractivity contribution >= 4 is 0 Å². The zero-order chi connectivity index (χ0) is 8.53. The zero-order valence-electron chi connectivity index (χ0n) is 7.04. The number of hydrogen-bond donors (Lipinski definition) is 0. The van der Waals surface area contributed by atoms with Crippen LogP contribution in [0.3, 0.4) is 0 Å². The van der Waals surface area contributed by atoms with E-state index in [1.807, 2.05) is 24.3 Å². The molecule has 0 saturated carbocycles. The second-order valence-corrected chi connectivity index (χ2v) is 2.18. The van der Waals surface area contributed by atoms with Crippen molar-refractivity contribution in [2.75, 3.05) is 0 Å². The van der Waals surface area contributed by atoms with E-state index in [0.717, 1.165) is 0 Å². The molecular weight excluding hydrogens is 134 g/mol. The maximum atomic E-state index is 8.29. The molecule has 0 aromatic heterocycles. The van der Waals surface area contributed by atoms with Crippen molar-refractivity contribution in [2.24, 2.45) is 0 Å². The van der Waals surface area contributed by atoms with Gasteiger partial charge in [0.2, 0.25) is 0 Å². The zero-order valence-corrected chi connectivity index (χ0v) is 7.04. The van der Waals surface area contributed by atoms with Crippen LogP contribution in [0.2, 0.25) is 0 Å². The van der Waals surface area contributed by atoms with Crippen LogP contribution >= 0.6 is 0 Å². The lowest BCUT2D eigenvalue weighted by Crippen LogP contribution is -1.66. The molecule has 1 rings (SSSR count). The predicted octanol–water partition coefficient (Wildman–Crippen LogP) is 2.97. The van der Waals surface area contributed by atoms with Gasteiger partial charge in [0.25, 0.3) is 0 Å². The van der Waals surface area contributed by atoms with Crippen molar-refractivity contribution in [1.82, 2.24) is 0 Å². The number of rotatable bonds is 0. The lowest BCUT2D eigenvalue weighted by molar-refractivity contribution is 1.09. The molecule has 0 unspecified atom stereocenters. The maximum Gasteiger partial charge on any atom is 0.0991 e. The highest BCUT2D eigenvalue weighted by atomic mass is 14.2. The van der Waals surface area contributed by atoms with Crippen LogP contribution in [0.15, 0.2) is 30.3 Å². The Balaban J connectivity index is 0.000000292. The van der Waals surface area contributed by atoms with Crippen molar-refractivity contribution < 1.29 is 0 Å². The third kappa shape index (κ3) is 5.17. The molecule has 1 nitrogen and oxygen atoms in total. The van der Waals surface area contributed by atoms with Crippen LogP contribution in [0, 0.1) is 11.3 Å². The number of nitriles is 1. The Morgan fingerprint density at radius 1 is 1.18 bits per heavy atom. The minimum atomic E-state index is 0.715. The molecule has 0 saturated heterocycles. The molecule has 0 radical (unpaired) electrons. The molecule has 0 heterocycles. The highest BCUT2D eigenvalue weighted by molar-refractivity contribution is 5.27. The molecule has 0 amide bonds. The molecule has 1 aromatic carbocycles. The fraction of sp³-hybridized carbons (Fsp3) is 0.300. The molecule has 11 heavy (non-hydrogen) atoms. The second-order valence-electron chi connectivity index (χ2n) is 2.18. The first kappa shape index (κ1) is 9.71. The summed E-state index contributed by atoms with van der Waals surface area (Å²) in [4.78, 5) is 0. The van der Waals surface area contributed by atoms with Crippen LogP contribution in [0.4, 0.5) is 0 Å². The van der Waals surface area contributed by atoms with Gasteiger partial charge in [0.15, 0.2) is 0 Å². The first-order chi connectivity index (χ1) is 5.35. The van der Waals surface area contributed by atoms with E-state index in [1.165, 1.54) is 6.42 Å². The lowest BCUT2D eigenvalue weighted by atomic mass is 10.2. The molecule has 1 heteroatoms. The second kappa shape index (κ2) is 6.82. The van der Waals surface area contributed by atoms with Gasteiger partial charge in [0, 0.05) is 0 Å². The molecule has 0 aliphatic rings. The van der Waals surface area contributed by atoms with E-state index in [2.05, 4.69) is 13.8 Å². The van der Waals surface area contributed by atoms with E-state index in [9.17, 15) is 0 Å². The predicted molar refractivity (Wildman–Crippen MR) is 47.1 cm³/mol. The Morgan fingerprint density at radius 2 is 1.64 bits per heavy atom. The summed E-state index contributed by atoms with van der Waals surface area (Å²) in [5, 5.41) is 8.29. The van der Waals surface area contributed by atoms with Crippen molar-refractivity contribution in [3.63, 3.8) is 0 Å². The third-order valence-electron chi connectivity index (χ3n) is 0.903. The molecule has 0 aliphatic carbocycles. The fourth-order valence-electron chi connectivity index (χ4n) is 0.513. The number of hydrogen-bond acceptors (Lipinski definition) is 1. The van der Waals surface area contributed by atoms with Crippen LogP contribution < -0.4 is 0 Å². The molecule has 1 aromatic rings. The third-order valence-corrected chi connectivity index (χ3v) is 0.903. The lowest BCUT2D eigenvalue weighted by Gasteiger charge is -1.80. The molecule has 0 N–H and O–H groups in total. The van der Waals surface area contributed by atoms with Gasteiger partial charge in [-0.1, -0.05) is 38.5 Å². The van der Waals surface area contributed by atoms with Crippen LogP contribution in [0.5, 0.6) is 0 Å². The van der Waals surface area contributed by atoms with Gasteiger partial charge >= 0.3 is 0 Å². The highest BCUT2D eigenvalue weighted by Gasteiger charge is 1.79. The van der Waals surface area contributed by atoms with E-state index in [0.29, 0.717) is 5.56 Å². The maximum absolute atomic E-state index is 8.29. The first-order valence-electron chi connectivity index (χ1n) is 3.80. The summed E-state index contributed by atoms with van der Waals surface area (Å²) >= 11 is 0. The Hall–Kier alpha value is -1.29. The summed E-state index contributed by atoms with van der Waals surface area (Å²) in [5.41, 5.74) is 0.715. The highest BCUT2D eigenvalue weighted by Crippen LogP contribution is 1.92. The fourth-order valence-corrected chi connectivity index (χ4v) is 0.513. The Labute approximate surface area is 68.3 Å². The molecule has 0 aliphatic heterocycles. The van der Waals surface area contributed by atoms with Gasteiger partial charge in [-0.25, -0.2) is 0 Å². The SMILES string of the molecule is CCC.N#Cc1ccccc1. The van der Waals surface area contributed by atoms with E-state index < -0.39 is 0 Å². The van der Waals surface area contributed by atoms with E-state index >= 15 is 0 Å². The van der Waals surface area contributed by atoms with Gasteiger partial charge in [-0.2, -0.15) is 5.26 Å². The number of benzene rings is 1. The molecule has 0 bridgehead atoms. The van der Waals surface area contributed by atoms with E-state index in [-0.39, 0.29) is 0 Å². The van der Waals surface area contributed by atoms with Crippen molar-refractivity contribution in [2.45, 2.75) is 20.3 Å². The van der Waals surface area contributed by atoms with Crippen LogP contribution in [0.25, 0.3) is 0 Å². The largest absolute Gasteiger partial charge is 0.192 e. The van der Waals surface area contributed by atoms with Gasteiger partial charge in [-0.05, 0) is 12.1 Å². The van der Waals surface area contributed by atoms with Gasteiger partial charge in [-0.3, -0.25) is 0 Å². The van der Waals surface area contributed by atoms with Crippen LogP contribution in [0.1, 0.15) is 25.8 Å². The summed E-state index contributed by atoms with van der Waals surface area (Å²) in [5.74, 6) is 0. The van der Waals surface area contributed by atoms with Gasteiger partial charge in [-0.15, -0.1) is 0 Å². The van der Waals surface area contributed by atoms with Crippen molar-refractivity contribution in [3.8, 4) is 6.07 Å². The molecule has 0 atom stereocenters. The topological polar surface area (TPSA) is 23.8 Å². The molecule has 58 valence electrons. The van der Waals surface area contributed by atoms with Gasteiger partial charge < -0.3 is 0 Å². The standard InChI is InChI=1S/C7H5N.C3H8/c8-6-7-4-2-1-3-5-7;1-3-2/h1-5H;3H2,1-2H3. The molecular formula is C10H13N.